The molecule has 1 fully saturated rings. The number of piperidine rings is 1. The second-order valence-corrected chi connectivity index (χ2v) is 9.00. The summed E-state index contributed by atoms with van der Waals surface area (Å²) in [6.45, 7) is 6.04. The van der Waals surface area contributed by atoms with Gasteiger partial charge in [-0.2, -0.15) is 4.98 Å². The molecule has 0 aliphatic carbocycles. The molecular formula is C24H29N5O4. The first-order chi connectivity index (χ1) is 15.8. The number of carbonyl (C=O) groups is 1. The summed E-state index contributed by atoms with van der Waals surface area (Å²) < 4.78 is 14.1. The van der Waals surface area contributed by atoms with Gasteiger partial charge in [0, 0.05) is 18.5 Å². The molecule has 2 aliphatic rings. The van der Waals surface area contributed by atoms with E-state index in [1.54, 1.807) is 23.6 Å². The summed E-state index contributed by atoms with van der Waals surface area (Å²) in [6.07, 6.45) is 2.64. The average Bonchev–Trinajstić information content (AvgIpc) is 3.35. The number of rotatable bonds is 4. The summed E-state index contributed by atoms with van der Waals surface area (Å²) in [5.74, 6) is 0.675. The van der Waals surface area contributed by atoms with Gasteiger partial charge in [0.25, 0.3) is 5.91 Å². The second-order valence-electron chi connectivity index (χ2n) is 9.00. The summed E-state index contributed by atoms with van der Waals surface area (Å²) in [5, 5.41) is 10.9. The summed E-state index contributed by atoms with van der Waals surface area (Å²) in [6, 6.07) is 3.43. The topological polar surface area (TPSA) is 129 Å². The van der Waals surface area contributed by atoms with Crippen molar-refractivity contribution in [1.29, 1.82) is 0 Å². The van der Waals surface area contributed by atoms with Crippen molar-refractivity contribution in [3.05, 3.63) is 34.4 Å². The Balaban J connectivity index is 1.79. The van der Waals surface area contributed by atoms with Crippen molar-refractivity contribution in [1.82, 2.24) is 14.5 Å². The van der Waals surface area contributed by atoms with Crippen LogP contribution in [0.3, 0.4) is 0 Å². The highest BCUT2D eigenvalue weighted by Gasteiger charge is 2.33. The number of primary amides is 1. The van der Waals surface area contributed by atoms with Crippen LogP contribution in [-0.2, 0) is 6.42 Å². The van der Waals surface area contributed by atoms with Crippen molar-refractivity contribution >= 4 is 22.8 Å². The first-order valence-electron chi connectivity index (χ1n) is 11.2. The maximum Gasteiger partial charge on any atom is 0.253 e. The van der Waals surface area contributed by atoms with E-state index < -0.39 is 5.91 Å². The number of nitrogen functional groups attached to an aromatic ring is 1. The van der Waals surface area contributed by atoms with Gasteiger partial charge < -0.3 is 30.9 Å². The first kappa shape index (κ1) is 21.4. The zero-order valence-electron chi connectivity index (χ0n) is 19.1. The number of hydrogen-bond donors (Lipinski definition) is 3. The summed E-state index contributed by atoms with van der Waals surface area (Å²) in [5.41, 5.74) is 15.9. The molecule has 3 aromatic rings. The minimum atomic E-state index is -0.659. The Morgan fingerprint density at radius 3 is 2.85 bits per heavy atom. The van der Waals surface area contributed by atoms with Crippen LogP contribution in [0.2, 0.25) is 0 Å². The lowest BCUT2D eigenvalue weighted by atomic mass is 10.1. The lowest BCUT2D eigenvalue weighted by Gasteiger charge is -2.30. The maximum atomic E-state index is 12.5. The minimum Gasteiger partial charge on any atom is -0.508 e. The number of hydrogen-bond acceptors (Lipinski definition) is 7. The number of pyridine rings is 1. The van der Waals surface area contributed by atoms with Gasteiger partial charge in [0.2, 0.25) is 5.88 Å². The van der Waals surface area contributed by atoms with Crippen LogP contribution in [0.25, 0.3) is 16.7 Å². The van der Waals surface area contributed by atoms with Crippen molar-refractivity contribution in [3.8, 4) is 23.1 Å². The van der Waals surface area contributed by atoms with E-state index in [0.717, 1.165) is 37.1 Å². The number of carbonyl (C=O) groups excluding carboxylic acids is 1. The Morgan fingerprint density at radius 2 is 2.12 bits per heavy atom. The Morgan fingerprint density at radius 1 is 1.33 bits per heavy atom. The minimum absolute atomic E-state index is 0.0130. The Labute approximate surface area is 191 Å². The standard InChI is InChI=1S/C24H29N5O4/c1-12-6-7-16(30)13(2)19(12)29-21(25)18(22(26)31)17-20-15(8-10-32-20)24(27-23(17)29)33-14-5-4-9-28(3)11-14/h6-7,14,30H,4-5,8-11,25H2,1-3H3,(H2,26,31)/t14-/m0/s1. The summed E-state index contributed by atoms with van der Waals surface area (Å²) in [7, 11) is 2.08. The maximum absolute atomic E-state index is 12.5. The van der Waals surface area contributed by atoms with Crippen LogP contribution in [-0.4, -0.2) is 58.3 Å². The molecule has 1 aromatic carbocycles. The zero-order valence-corrected chi connectivity index (χ0v) is 19.1. The smallest absolute Gasteiger partial charge is 0.253 e. The first-order valence-corrected chi connectivity index (χ1v) is 11.2. The highest BCUT2D eigenvalue weighted by Crippen LogP contribution is 2.45. The number of nitrogens with zero attached hydrogens (tertiary/aromatic N) is 3. The van der Waals surface area contributed by atoms with E-state index in [-0.39, 0.29) is 23.2 Å². The number of fused-ring (bicyclic) bond motifs is 3. The largest absolute Gasteiger partial charge is 0.508 e. The van der Waals surface area contributed by atoms with Gasteiger partial charge in [-0.3, -0.25) is 9.36 Å². The number of amides is 1. The highest BCUT2D eigenvalue weighted by atomic mass is 16.5. The second kappa shape index (κ2) is 7.84. The quantitative estimate of drug-likeness (QED) is 0.556. The van der Waals surface area contributed by atoms with Gasteiger partial charge in [-0.1, -0.05) is 6.07 Å². The number of aryl methyl sites for hydroxylation is 1. The third kappa shape index (κ3) is 3.34. The predicted molar refractivity (Wildman–Crippen MR) is 125 cm³/mol. The molecule has 9 nitrogen and oxygen atoms in total. The van der Waals surface area contributed by atoms with E-state index in [4.69, 9.17) is 25.9 Å². The van der Waals surface area contributed by atoms with Gasteiger partial charge >= 0.3 is 0 Å². The molecule has 2 aliphatic heterocycles. The van der Waals surface area contributed by atoms with Gasteiger partial charge in [0.05, 0.1) is 28.8 Å². The van der Waals surface area contributed by atoms with Crippen LogP contribution in [0.1, 0.15) is 39.9 Å². The molecule has 9 heteroatoms. The molecule has 1 atom stereocenters. The van der Waals surface area contributed by atoms with E-state index in [2.05, 4.69) is 11.9 Å². The highest BCUT2D eigenvalue weighted by molar-refractivity contribution is 6.13. The fourth-order valence-electron chi connectivity index (χ4n) is 5.06. The van der Waals surface area contributed by atoms with Crippen LogP contribution in [0.5, 0.6) is 17.4 Å². The molecule has 1 saturated heterocycles. The van der Waals surface area contributed by atoms with Crippen molar-refractivity contribution in [2.24, 2.45) is 5.73 Å². The lowest BCUT2D eigenvalue weighted by Crippen LogP contribution is -2.38. The number of phenolic OH excluding ortho intramolecular Hbond substituents is 1. The van der Waals surface area contributed by atoms with Crippen LogP contribution < -0.4 is 20.9 Å². The number of benzene rings is 1. The van der Waals surface area contributed by atoms with Gasteiger partial charge in [-0.15, -0.1) is 0 Å². The molecule has 0 unspecified atom stereocenters. The molecule has 33 heavy (non-hydrogen) atoms. The third-order valence-corrected chi connectivity index (χ3v) is 6.68. The summed E-state index contributed by atoms with van der Waals surface area (Å²) >= 11 is 0. The molecule has 0 bridgehead atoms. The van der Waals surface area contributed by atoms with Gasteiger partial charge in [0.15, 0.2) is 5.65 Å². The fourth-order valence-corrected chi connectivity index (χ4v) is 5.06. The molecule has 2 aromatic heterocycles. The van der Waals surface area contributed by atoms with Crippen LogP contribution in [0, 0.1) is 13.8 Å². The number of likely N-dealkylation sites (N-methyl/N-ethyl adjacent to an activating group) is 1. The van der Waals surface area contributed by atoms with Crippen molar-refractivity contribution in [2.75, 3.05) is 32.5 Å². The van der Waals surface area contributed by atoms with Crippen LogP contribution in [0.4, 0.5) is 5.82 Å². The number of ether oxygens (including phenoxy) is 2. The van der Waals surface area contributed by atoms with E-state index >= 15 is 0 Å². The van der Waals surface area contributed by atoms with Crippen molar-refractivity contribution in [3.63, 3.8) is 0 Å². The number of nitrogens with two attached hydrogens (primary N) is 2. The SMILES string of the molecule is Cc1ccc(O)c(C)c1-n1c(N)c(C(N)=O)c2c3c(c(O[C@H]4CCCN(C)C4)nc21)CCO3. The van der Waals surface area contributed by atoms with Crippen molar-refractivity contribution < 1.29 is 19.4 Å². The molecule has 5 rings (SSSR count). The van der Waals surface area contributed by atoms with Gasteiger partial charge in [-0.25, -0.2) is 0 Å². The fraction of sp³-hybridized carbons (Fsp3) is 0.417. The van der Waals surface area contributed by atoms with E-state index in [9.17, 15) is 9.90 Å². The van der Waals surface area contributed by atoms with E-state index in [1.807, 2.05) is 6.92 Å². The van der Waals surface area contributed by atoms with Gasteiger partial charge in [0.1, 0.15) is 23.4 Å². The predicted octanol–water partition coefficient (Wildman–Crippen LogP) is 2.44. The molecule has 0 radical (unpaired) electrons. The summed E-state index contributed by atoms with van der Waals surface area (Å²) in [4.78, 5) is 19.7. The number of aromatic hydroxyl groups is 1. The Kier molecular flexibility index (Phi) is 5.08. The van der Waals surface area contributed by atoms with Crippen molar-refractivity contribution in [2.45, 2.75) is 39.2 Å². The van der Waals surface area contributed by atoms with Crippen LogP contribution >= 0.6 is 0 Å². The number of anilines is 1. The van der Waals surface area contributed by atoms with Gasteiger partial charge in [-0.05, 0) is 51.9 Å². The number of phenols is 1. The molecule has 0 saturated carbocycles. The number of likely N-dealkylation sites (tertiary alicyclic amines) is 1. The molecule has 1 amide bonds. The van der Waals surface area contributed by atoms with E-state index in [1.165, 1.54) is 0 Å². The monoisotopic (exact) mass is 451 g/mol. The third-order valence-electron chi connectivity index (χ3n) is 6.68. The molecule has 0 spiro atoms. The van der Waals surface area contributed by atoms with Crippen LogP contribution in [0.15, 0.2) is 12.1 Å². The molecule has 5 N–H and O–H groups in total. The Hall–Kier alpha value is -3.46. The van der Waals surface area contributed by atoms with E-state index in [0.29, 0.717) is 46.9 Å². The normalized spacial score (nSPS) is 18.3. The zero-order chi connectivity index (χ0) is 23.4. The molecule has 4 heterocycles. The molecule has 174 valence electrons. The Bertz CT molecular complexity index is 1280. The number of aromatic nitrogens is 2. The molecular weight excluding hydrogens is 422 g/mol. The average molecular weight is 452 g/mol. The lowest BCUT2D eigenvalue weighted by molar-refractivity contribution is 0.0992.